The van der Waals surface area contributed by atoms with Crippen molar-refractivity contribution in [1.29, 1.82) is 0 Å². The molecule has 1 amide bonds. The molecule has 2 heterocycles. The van der Waals surface area contributed by atoms with Gasteiger partial charge in [0.1, 0.15) is 11.2 Å². The number of aromatic nitrogens is 1. The van der Waals surface area contributed by atoms with E-state index in [2.05, 4.69) is 4.57 Å². The van der Waals surface area contributed by atoms with Crippen LogP contribution in [-0.4, -0.2) is 45.8 Å². The van der Waals surface area contributed by atoms with Crippen molar-refractivity contribution in [2.24, 2.45) is 0 Å². The Balaban J connectivity index is 0.00000442. The summed E-state index contributed by atoms with van der Waals surface area (Å²) >= 11 is 9.28. The molecule has 0 bridgehead atoms. The molecule has 0 aliphatic carbocycles. The standard InChI is InChI=1S/C29H28ClN3O6S4.S/c1-3-19(16-28-33(18-26(34)31-42(2,35)36)23-17-21(30)10-12-24(23)40-28)15-27-32(13-6-14-43(37,38)39)29-22-8-5-4-7-20(22)9-11-25(29)41-27;/h4-5,7-12,15-17H,3,6,13-14,18H2,1-2H3,(H-,31,34,37,38,39);/q;-2. The van der Waals surface area contributed by atoms with Gasteiger partial charge >= 0.3 is 0 Å². The van der Waals surface area contributed by atoms with Crippen molar-refractivity contribution in [1.82, 2.24) is 4.72 Å². The predicted molar refractivity (Wildman–Crippen MR) is 180 cm³/mol. The van der Waals surface area contributed by atoms with Crippen LogP contribution in [0.3, 0.4) is 0 Å². The number of hydrogen-bond acceptors (Lipinski definition) is 9. The molecule has 1 aliphatic rings. The second-order valence-corrected chi connectivity index (χ2v) is 15.8. The van der Waals surface area contributed by atoms with E-state index in [1.807, 2.05) is 66.3 Å². The fourth-order valence-corrected chi connectivity index (χ4v) is 8.32. The van der Waals surface area contributed by atoms with Crippen molar-refractivity contribution in [2.45, 2.75) is 31.2 Å². The molecule has 0 saturated carbocycles. The van der Waals surface area contributed by atoms with Gasteiger partial charge in [-0.3, -0.25) is 9.52 Å². The van der Waals surface area contributed by atoms with Gasteiger partial charge < -0.3 is 22.9 Å². The first-order chi connectivity index (χ1) is 20.3. The molecule has 15 heteroatoms. The smallest absolute Gasteiger partial charge is 0.263 e. The van der Waals surface area contributed by atoms with E-state index in [0.29, 0.717) is 23.7 Å². The molecular weight excluding hydrogens is 682 g/mol. The van der Waals surface area contributed by atoms with Gasteiger partial charge in [0, 0.05) is 28.2 Å². The first kappa shape index (κ1) is 34.3. The summed E-state index contributed by atoms with van der Waals surface area (Å²) in [6.45, 7) is 2.12. The van der Waals surface area contributed by atoms with Gasteiger partial charge in [-0.25, -0.2) is 16.8 Å². The van der Waals surface area contributed by atoms with Gasteiger partial charge in [0.25, 0.3) is 10.9 Å². The average molecular weight is 710 g/mol. The van der Waals surface area contributed by atoms with Crippen LogP contribution < -0.4 is 14.2 Å². The van der Waals surface area contributed by atoms with Crippen molar-refractivity contribution < 1.29 is 30.7 Å². The fourth-order valence-electron chi connectivity index (χ4n) is 4.89. The highest BCUT2D eigenvalue weighted by molar-refractivity contribution is 8.03. The summed E-state index contributed by atoms with van der Waals surface area (Å²) in [5.74, 6) is -1.14. The molecule has 9 nitrogen and oxygen atoms in total. The number of carbonyl (C=O) groups excluding carboxylic acids is 1. The average Bonchev–Trinajstić information content (AvgIpc) is 3.43. The predicted octanol–water partition coefficient (Wildman–Crippen LogP) is 5.25. The summed E-state index contributed by atoms with van der Waals surface area (Å²) in [6, 6.07) is 17.4. The third kappa shape index (κ3) is 8.16. The minimum Gasteiger partial charge on any atom is -2.00 e. The lowest BCUT2D eigenvalue weighted by molar-refractivity contribution is -0.667. The van der Waals surface area contributed by atoms with E-state index >= 15 is 0 Å². The molecule has 1 N–H and O–H groups in total. The molecule has 0 atom stereocenters. The Bertz CT molecular complexity index is 2020. The van der Waals surface area contributed by atoms with E-state index in [4.69, 9.17) is 11.6 Å². The summed E-state index contributed by atoms with van der Waals surface area (Å²) in [7, 11) is -8.09. The number of fused-ring (bicyclic) bond motifs is 4. The van der Waals surface area contributed by atoms with Gasteiger partial charge in [-0.05, 0) is 53.8 Å². The Morgan fingerprint density at radius 3 is 2.57 bits per heavy atom. The highest BCUT2D eigenvalue weighted by Crippen LogP contribution is 2.47. The van der Waals surface area contributed by atoms with Crippen LogP contribution in [0, 0.1) is 0 Å². The molecule has 4 aromatic rings. The van der Waals surface area contributed by atoms with Crippen molar-refractivity contribution >= 4 is 107 Å². The number of nitrogens with one attached hydrogen (secondary N) is 1. The molecular formula is C29H28ClN3O6S5-2. The van der Waals surface area contributed by atoms with Crippen LogP contribution in [0.2, 0.25) is 5.02 Å². The molecule has 0 fully saturated rings. The van der Waals surface area contributed by atoms with E-state index in [-0.39, 0.29) is 26.5 Å². The first-order valence-corrected chi connectivity index (χ1v) is 18.7. The quantitative estimate of drug-likeness (QED) is 0.175. The minimum absolute atomic E-state index is 0. The van der Waals surface area contributed by atoms with E-state index in [1.165, 1.54) is 11.8 Å². The molecule has 1 aliphatic heterocycles. The number of anilines is 1. The van der Waals surface area contributed by atoms with E-state index in [1.54, 1.807) is 28.4 Å². The third-order valence-electron chi connectivity index (χ3n) is 6.71. The molecule has 0 spiro atoms. The van der Waals surface area contributed by atoms with Gasteiger partial charge in [0.05, 0.1) is 32.5 Å². The molecule has 234 valence electrons. The summed E-state index contributed by atoms with van der Waals surface area (Å²) < 4.78 is 62.6. The van der Waals surface area contributed by atoms with Gasteiger partial charge in [0.2, 0.25) is 15.5 Å². The molecule has 5 rings (SSSR count). The van der Waals surface area contributed by atoms with E-state index < -0.39 is 31.8 Å². The number of aryl methyl sites for hydroxylation is 1. The summed E-state index contributed by atoms with van der Waals surface area (Å²) in [5.41, 5.74) is 2.60. The first-order valence-electron chi connectivity index (χ1n) is 13.3. The van der Waals surface area contributed by atoms with Crippen molar-refractivity contribution in [3.05, 3.63) is 81.3 Å². The summed E-state index contributed by atoms with van der Waals surface area (Å²) in [6.07, 6.45) is 5.72. The number of allylic oxidation sites excluding steroid dienone is 2. The second kappa shape index (κ2) is 13.8. The number of benzene rings is 3. The number of thiazole rings is 1. The molecule has 1 aromatic heterocycles. The van der Waals surface area contributed by atoms with Gasteiger partial charge in [-0.1, -0.05) is 65.9 Å². The van der Waals surface area contributed by atoms with Crippen molar-refractivity contribution in [3.8, 4) is 0 Å². The molecule has 0 radical (unpaired) electrons. The summed E-state index contributed by atoms with van der Waals surface area (Å²) in [5, 5.41) is 4.17. The zero-order valence-corrected chi connectivity index (χ0v) is 28.5. The largest absolute Gasteiger partial charge is 2.00 e. The molecule has 3 aromatic carbocycles. The maximum Gasteiger partial charge on any atom is 0.263 e. The van der Waals surface area contributed by atoms with Gasteiger partial charge in [0.15, 0.2) is 6.54 Å². The Morgan fingerprint density at radius 2 is 1.86 bits per heavy atom. The van der Waals surface area contributed by atoms with E-state index in [0.717, 1.165) is 47.8 Å². The van der Waals surface area contributed by atoms with Crippen LogP contribution in [0.4, 0.5) is 5.69 Å². The Morgan fingerprint density at radius 1 is 1.11 bits per heavy atom. The van der Waals surface area contributed by atoms with Gasteiger partial charge in [-0.15, -0.1) is 0 Å². The number of nitrogens with zero attached hydrogens (tertiary/aromatic N) is 2. The minimum atomic E-state index is -4.36. The topological polar surface area (TPSA) is 128 Å². The lowest BCUT2D eigenvalue weighted by Gasteiger charge is -2.20. The number of carbonyl (C=O) groups is 1. The second-order valence-electron chi connectivity index (χ2n) is 9.99. The SMILES string of the molecule is CCC(=Cc1sc2ccc3ccccc3c2[n+]1CCCS(=O)(=O)[O-])C=C1Sc2ccc(Cl)cc2N1CC(=O)NS(C)(=O)=O.[S-2]. The fraction of sp³-hybridized carbons (Fsp3) is 0.241. The molecule has 0 unspecified atom stereocenters. The Kier molecular flexibility index (Phi) is 10.8. The Labute approximate surface area is 276 Å². The normalized spacial score (nSPS) is 14.7. The number of rotatable bonds is 10. The summed E-state index contributed by atoms with van der Waals surface area (Å²) in [4.78, 5) is 15.3. The zero-order chi connectivity index (χ0) is 30.9. The van der Waals surface area contributed by atoms with Crippen LogP contribution in [0.25, 0.3) is 27.1 Å². The maximum atomic E-state index is 12.6. The van der Waals surface area contributed by atoms with Crippen LogP contribution in [0.5, 0.6) is 0 Å². The van der Waals surface area contributed by atoms with Crippen LogP contribution in [0.15, 0.2) is 76.2 Å². The van der Waals surface area contributed by atoms with Crippen LogP contribution >= 0.6 is 34.7 Å². The number of sulfonamides is 1. The third-order valence-corrected chi connectivity index (χ3v) is 10.5. The highest BCUT2D eigenvalue weighted by atomic mass is 35.5. The van der Waals surface area contributed by atoms with E-state index in [9.17, 15) is 26.2 Å². The number of amides is 1. The van der Waals surface area contributed by atoms with Crippen molar-refractivity contribution in [3.63, 3.8) is 0 Å². The van der Waals surface area contributed by atoms with Crippen LogP contribution in [0.1, 0.15) is 24.8 Å². The zero-order valence-electron chi connectivity index (χ0n) is 23.6. The lowest BCUT2D eigenvalue weighted by atomic mass is 10.1. The number of halogens is 1. The molecule has 0 saturated heterocycles. The number of hydrogen-bond donors (Lipinski definition) is 1. The maximum absolute atomic E-state index is 12.6. The molecule has 44 heavy (non-hydrogen) atoms. The van der Waals surface area contributed by atoms with Gasteiger partial charge in [-0.2, -0.15) is 4.57 Å². The van der Waals surface area contributed by atoms with Crippen LogP contribution in [-0.2, 0) is 45.0 Å². The highest BCUT2D eigenvalue weighted by Gasteiger charge is 2.29. The monoisotopic (exact) mass is 709 g/mol. The number of thioether (sulfide) groups is 1. The lowest BCUT2D eigenvalue weighted by Crippen LogP contribution is -2.38. The van der Waals surface area contributed by atoms with Crippen molar-refractivity contribution in [2.75, 3.05) is 23.5 Å². The Hall–Kier alpha value is -2.59.